The molecule has 4 N–H and O–H groups in total. The van der Waals surface area contributed by atoms with Crippen molar-refractivity contribution in [3.63, 3.8) is 0 Å². The van der Waals surface area contributed by atoms with E-state index in [0.717, 1.165) is 5.56 Å². The highest BCUT2D eigenvalue weighted by atomic mass is 32.2. The first-order valence-electron chi connectivity index (χ1n) is 5.68. The molecule has 1 atom stereocenters. The number of aromatic nitrogens is 3. The van der Waals surface area contributed by atoms with Gasteiger partial charge in [0.05, 0.1) is 11.4 Å². The van der Waals surface area contributed by atoms with Crippen molar-refractivity contribution in [2.75, 3.05) is 0 Å². The van der Waals surface area contributed by atoms with Gasteiger partial charge >= 0.3 is 0 Å². The Morgan fingerprint density at radius 1 is 1.47 bits per heavy atom. The third kappa shape index (κ3) is 3.37. The van der Waals surface area contributed by atoms with Crippen LogP contribution in [0.1, 0.15) is 24.4 Å². The largest absolute Gasteiger partial charge is 0.324 e. The van der Waals surface area contributed by atoms with Crippen LogP contribution in [-0.2, 0) is 16.6 Å². The van der Waals surface area contributed by atoms with Gasteiger partial charge in [0, 0.05) is 6.04 Å². The highest BCUT2D eigenvalue weighted by molar-refractivity contribution is 7.89. The van der Waals surface area contributed by atoms with Crippen molar-refractivity contribution in [1.29, 1.82) is 0 Å². The van der Waals surface area contributed by atoms with Gasteiger partial charge in [-0.2, -0.15) is 5.10 Å². The summed E-state index contributed by atoms with van der Waals surface area (Å²) in [6.07, 6.45) is 1.32. The zero-order chi connectivity index (χ0) is 13.9. The highest BCUT2D eigenvalue weighted by Crippen LogP contribution is 2.15. The number of rotatable bonds is 5. The second-order valence-corrected chi connectivity index (χ2v) is 5.88. The van der Waals surface area contributed by atoms with Crippen LogP contribution in [0, 0.1) is 0 Å². The van der Waals surface area contributed by atoms with Gasteiger partial charge in [-0.25, -0.2) is 18.1 Å². The molecule has 0 aliphatic carbocycles. The average molecular weight is 281 g/mol. The van der Waals surface area contributed by atoms with Gasteiger partial charge in [-0.15, -0.1) is 0 Å². The number of aromatic amines is 1. The molecule has 0 bridgehead atoms. The summed E-state index contributed by atoms with van der Waals surface area (Å²) in [5.74, 6) is 0.451. The van der Waals surface area contributed by atoms with E-state index in [2.05, 4.69) is 19.9 Å². The van der Waals surface area contributed by atoms with Crippen LogP contribution in [0.3, 0.4) is 0 Å². The second kappa shape index (κ2) is 5.47. The maximum Gasteiger partial charge on any atom is 0.240 e. The van der Waals surface area contributed by atoms with Gasteiger partial charge in [0.2, 0.25) is 10.0 Å². The number of sulfonamides is 1. The predicted octanol–water partition coefficient (Wildman–Crippen LogP) is 0.303. The number of H-pyrrole nitrogens is 1. The zero-order valence-electron chi connectivity index (χ0n) is 10.4. The lowest BCUT2D eigenvalue weighted by Gasteiger charge is -2.09. The minimum atomic E-state index is -3.59. The van der Waals surface area contributed by atoms with E-state index in [1.54, 1.807) is 25.1 Å². The fourth-order valence-electron chi connectivity index (χ4n) is 1.53. The molecule has 1 aromatic carbocycles. The first-order chi connectivity index (χ1) is 8.99. The molecule has 19 heavy (non-hydrogen) atoms. The number of nitrogens with zero attached hydrogens (tertiary/aromatic N) is 2. The number of hydrogen-bond acceptors (Lipinski definition) is 5. The Morgan fingerprint density at radius 3 is 2.89 bits per heavy atom. The molecule has 0 amide bonds. The lowest BCUT2D eigenvalue weighted by Crippen LogP contribution is -2.24. The molecule has 7 nitrogen and oxygen atoms in total. The van der Waals surface area contributed by atoms with Crippen LogP contribution in [0.4, 0.5) is 0 Å². The number of hydrogen-bond donors (Lipinski definition) is 3. The molecule has 1 aromatic heterocycles. The Kier molecular flexibility index (Phi) is 3.93. The molecule has 2 rings (SSSR count). The number of nitrogens with one attached hydrogen (secondary N) is 2. The van der Waals surface area contributed by atoms with Crippen molar-refractivity contribution in [2.45, 2.75) is 24.4 Å². The summed E-state index contributed by atoms with van der Waals surface area (Å²) in [5.41, 5.74) is 6.50. The van der Waals surface area contributed by atoms with Crippen LogP contribution in [-0.4, -0.2) is 23.6 Å². The molecule has 0 saturated carbocycles. The topological polar surface area (TPSA) is 114 Å². The quantitative estimate of drug-likeness (QED) is 0.729. The molecule has 0 aliphatic rings. The SMILES string of the molecule is CC(N)c1cccc(S(=O)(=O)NCc2ncn[nH]2)c1. The lowest BCUT2D eigenvalue weighted by molar-refractivity contribution is 0.579. The summed E-state index contributed by atoms with van der Waals surface area (Å²) in [5, 5.41) is 6.23. The zero-order valence-corrected chi connectivity index (χ0v) is 11.2. The first-order valence-corrected chi connectivity index (χ1v) is 7.17. The second-order valence-electron chi connectivity index (χ2n) is 4.12. The van der Waals surface area contributed by atoms with E-state index >= 15 is 0 Å². The number of nitrogens with two attached hydrogens (primary N) is 1. The van der Waals surface area contributed by atoms with Crippen molar-refractivity contribution in [3.8, 4) is 0 Å². The summed E-state index contributed by atoms with van der Waals surface area (Å²) in [4.78, 5) is 4.03. The third-order valence-corrected chi connectivity index (χ3v) is 3.99. The van der Waals surface area contributed by atoms with E-state index in [-0.39, 0.29) is 17.5 Å². The van der Waals surface area contributed by atoms with Gasteiger partial charge < -0.3 is 5.73 Å². The third-order valence-electron chi connectivity index (χ3n) is 2.59. The van der Waals surface area contributed by atoms with E-state index in [9.17, 15) is 8.42 Å². The molecular weight excluding hydrogens is 266 g/mol. The average Bonchev–Trinajstić information content (AvgIpc) is 2.90. The summed E-state index contributed by atoms with van der Waals surface area (Å²) in [6, 6.07) is 6.33. The Morgan fingerprint density at radius 2 is 2.26 bits per heavy atom. The van der Waals surface area contributed by atoms with Gasteiger partial charge in [-0.05, 0) is 24.6 Å². The minimum Gasteiger partial charge on any atom is -0.324 e. The Hall–Kier alpha value is -1.77. The molecule has 0 radical (unpaired) electrons. The van der Waals surface area contributed by atoms with Gasteiger partial charge in [0.1, 0.15) is 12.2 Å². The van der Waals surface area contributed by atoms with Crippen molar-refractivity contribution >= 4 is 10.0 Å². The Labute approximate surface area is 111 Å². The predicted molar refractivity (Wildman–Crippen MR) is 69.5 cm³/mol. The van der Waals surface area contributed by atoms with Crippen LogP contribution in [0.2, 0.25) is 0 Å². The maximum atomic E-state index is 12.1. The van der Waals surface area contributed by atoms with Crippen LogP contribution >= 0.6 is 0 Å². The van der Waals surface area contributed by atoms with Gasteiger partial charge in [0.15, 0.2) is 0 Å². The van der Waals surface area contributed by atoms with E-state index in [4.69, 9.17) is 5.73 Å². The monoisotopic (exact) mass is 281 g/mol. The summed E-state index contributed by atoms with van der Waals surface area (Å²) in [7, 11) is -3.59. The summed E-state index contributed by atoms with van der Waals surface area (Å²) in [6.45, 7) is 1.86. The molecule has 0 spiro atoms. The Balaban J connectivity index is 2.17. The molecule has 0 saturated heterocycles. The van der Waals surface area contributed by atoms with Gasteiger partial charge in [-0.3, -0.25) is 5.10 Å². The van der Waals surface area contributed by atoms with Crippen LogP contribution < -0.4 is 10.5 Å². The molecule has 0 aliphatic heterocycles. The molecule has 102 valence electrons. The van der Waals surface area contributed by atoms with Crippen molar-refractivity contribution in [2.24, 2.45) is 5.73 Å². The molecule has 1 unspecified atom stereocenters. The fraction of sp³-hybridized carbons (Fsp3) is 0.273. The maximum absolute atomic E-state index is 12.1. The number of benzene rings is 1. The molecular formula is C11H15N5O2S. The highest BCUT2D eigenvalue weighted by Gasteiger charge is 2.15. The minimum absolute atomic E-state index is 0.0603. The standard InChI is InChI=1S/C11H15N5O2S/c1-8(12)9-3-2-4-10(5-9)19(17,18)15-6-11-13-7-14-16-11/h2-5,7-8,15H,6,12H2,1H3,(H,13,14,16). The van der Waals surface area contributed by atoms with E-state index in [1.165, 1.54) is 12.4 Å². The molecule has 1 heterocycles. The summed E-state index contributed by atoms with van der Waals surface area (Å²) < 4.78 is 26.6. The molecule has 0 fully saturated rings. The van der Waals surface area contributed by atoms with Gasteiger partial charge in [-0.1, -0.05) is 12.1 Å². The van der Waals surface area contributed by atoms with Crippen molar-refractivity contribution in [3.05, 3.63) is 42.0 Å². The smallest absolute Gasteiger partial charge is 0.240 e. The van der Waals surface area contributed by atoms with Crippen LogP contribution in [0.5, 0.6) is 0 Å². The first kappa shape index (κ1) is 13.7. The van der Waals surface area contributed by atoms with E-state index in [1.807, 2.05) is 0 Å². The lowest BCUT2D eigenvalue weighted by atomic mass is 10.1. The Bertz CT molecular complexity index is 637. The van der Waals surface area contributed by atoms with Crippen LogP contribution in [0.25, 0.3) is 0 Å². The normalized spacial score (nSPS) is 13.4. The fourth-order valence-corrected chi connectivity index (χ4v) is 2.57. The molecule has 8 heteroatoms. The van der Waals surface area contributed by atoms with E-state index < -0.39 is 10.0 Å². The summed E-state index contributed by atoms with van der Waals surface area (Å²) >= 11 is 0. The van der Waals surface area contributed by atoms with Gasteiger partial charge in [0.25, 0.3) is 0 Å². The molecule has 2 aromatic rings. The van der Waals surface area contributed by atoms with E-state index in [0.29, 0.717) is 5.82 Å². The van der Waals surface area contributed by atoms with Crippen LogP contribution in [0.15, 0.2) is 35.5 Å². The van der Waals surface area contributed by atoms with Crippen molar-refractivity contribution < 1.29 is 8.42 Å². The van der Waals surface area contributed by atoms with Crippen molar-refractivity contribution in [1.82, 2.24) is 19.9 Å².